The van der Waals surface area contributed by atoms with Gasteiger partial charge >= 0.3 is 12.2 Å². The van der Waals surface area contributed by atoms with Gasteiger partial charge in [-0.25, -0.2) is 23.5 Å². The fourth-order valence-electron chi connectivity index (χ4n) is 2.85. The first kappa shape index (κ1) is 23.2. The first-order chi connectivity index (χ1) is 15.0. The number of amides is 2. The highest BCUT2D eigenvalue weighted by Crippen LogP contribution is 2.39. The van der Waals surface area contributed by atoms with Crippen molar-refractivity contribution in [3.05, 3.63) is 47.5 Å². The molecule has 0 aliphatic carbocycles. The number of aromatic nitrogens is 2. The van der Waals surface area contributed by atoms with Crippen LogP contribution in [0.2, 0.25) is 0 Å². The molecule has 0 bridgehead atoms. The average Bonchev–Trinajstić information content (AvgIpc) is 3.01. The number of urea groups is 1. The molecule has 0 fully saturated rings. The van der Waals surface area contributed by atoms with E-state index in [0.29, 0.717) is 6.07 Å². The predicted molar refractivity (Wildman–Crippen MR) is 104 cm³/mol. The number of nitrogens with one attached hydrogen (secondary N) is 3. The van der Waals surface area contributed by atoms with Crippen LogP contribution in [-0.2, 0) is 0 Å². The smallest absolute Gasteiger partial charge is 0.416 e. The van der Waals surface area contributed by atoms with Crippen LogP contribution in [0.1, 0.15) is 24.3 Å². The molecule has 4 N–H and O–H groups in total. The molecule has 2 aromatic heterocycles. The molecule has 0 aliphatic rings. The number of halogens is 5. The van der Waals surface area contributed by atoms with Crippen LogP contribution in [0.15, 0.2) is 28.9 Å². The van der Waals surface area contributed by atoms with Crippen molar-refractivity contribution in [1.29, 1.82) is 0 Å². The van der Waals surface area contributed by atoms with Gasteiger partial charge in [0.2, 0.25) is 5.95 Å². The third-order valence-corrected chi connectivity index (χ3v) is 4.32. The minimum Gasteiger partial charge on any atom is -0.455 e. The summed E-state index contributed by atoms with van der Waals surface area (Å²) in [5, 5.41) is 15.6. The second-order valence-electron chi connectivity index (χ2n) is 6.95. The fourth-order valence-corrected chi connectivity index (χ4v) is 2.85. The summed E-state index contributed by atoms with van der Waals surface area (Å²) in [6.45, 7) is 2.91. The van der Waals surface area contributed by atoms with Crippen molar-refractivity contribution >= 4 is 28.6 Å². The second-order valence-corrected chi connectivity index (χ2v) is 6.95. The van der Waals surface area contributed by atoms with E-state index in [1.807, 2.05) is 0 Å². The van der Waals surface area contributed by atoms with Crippen molar-refractivity contribution < 1.29 is 36.3 Å². The van der Waals surface area contributed by atoms with Crippen molar-refractivity contribution in [3.8, 4) is 0 Å². The van der Waals surface area contributed by atoms with E-state index in [-0.39, 0.29) is 29.1 Å². The lowest BCUT2D eigenvalue weighted by atomic mass is 10.1. The van der Waals surface area contributed by atoms with E-state index < -0.39 is 47.3 Å². The fraction of sp³-hybridized carbons (Fsp3) is 0.316. The molecule has 13 heteroatoms. The zero-order valence-electron chi connectivity index (χ0n) is 16.7. The molecule has 0 unspecified atom stereocenters. The topological polar surface area (TPSA) is 112 Å². The molecule has 0 radical (unpaired) electrons. The number of fused-ring (bicyclic) bond motifs is 1. The van der Waals surface area contributed by atoms with E-state index in [1.54, 1.807) is 12.2 Å². The number of carbonyl (C=O) groups excluding carboxylic acids is 1. The Hall–Kier alpha value is -3.48. The molecule has 2 heterocycles. The van der Waals surface area contributed by atoms with E-state index in [2.05, 4.69) is 20.6 Å². The van der Waals surface area contributed by atoms with Gasteiger partial charge in [0.05, 0.1) is 24.2 Å². The normalized spacial score (nSPS) is 13.6. The van der Waals surface area contributed by atoms with Crippen LogP contribution in [0.25, 0.3) is 11.0 Å². The SMILES string of the molecule is Cc1c([C@@H](NC(=O)Nc2cnc(NC[C@H](C)O)nc2)C(F)(F)F)oc2c(F)cc(F)cc12. The van der Waals surface area contributed by atoms with Crippen LogP contribution in [0.5, 0.6) is 0 Å². The Morgan fingerprint density at radius 2 is 1.88 bits per heavy atom. The first-order valence-corrected chi connectivity index (χ1v) is 9.22. The number of furan rings is 1. The summed E-state index contributed by atoms with van der Waals surface area (Å²) in [7, 11) is 0. The lowest BCUT2D eigenvalue weighted by Crippen LogP contribution is -2.40. The van der Waals surface area contributed by atoms with Crippen molar-refractivity contribution in [3.63, 3.8) is 0 Å². The Balaban J connectivity index is 1.80. The monoisotopic (exact) mass is 459 g/mol. The van der Waals surface area contributed by atoms with Gasteiger partial charge in [-0.15, -0.1) is 0 Å². The van der Waals surface area contributed by atoms with Crippen LogP contribution >= 0.6 is 0 Å². The largest absolute Gasteiger partial charge is 0.455 e. The molecular weight excluding hydrogens is 441 g/mol. The molecule has 1 aromatic carbocycles. The third-order valence-electron chi connectivity index (χ3n) is 4.32. The average molecular weight is 459 g/mol. The third kappa shape index (κ3) is 5.22. The molecule has 0 saturated heterocycles. The highest BCUT2D eigenvalue weighted by molar-refractivity contribution is 5.89. The van der Waals surface area contributed by atoms with E-state index >= 15 is 0 Å². The highest BCUT2D eigenvalue weighted by Gasteiger charge is 2.45. The molecule has 3 aromatic rings. The number of hydrogen-bond donors (Lipinski definition) is 4. The standard InChI is InChI=1S/C19H18F5N5O3/c1-8(30)5-25-17-26-6-11(7-27-17)28-18(31)29-16(19(22,23)24)14-9(2)12-3-10(20)4-13(21)15(12)32-14/h3-4,6-8,16,30H,5H2,1-2H3,(H,25,26,27)(H2,28,29,31)/t8-,16+/m0/s1. The van der Waals surface area contributed by atoms with Crippen LogP contribution in [0, 0.1) is 18.6 Å². The van der Waals surface area contributed by atoms with Gasteiger partial charge in [0, 0.05) is 23.6 Å². The second kappa shape index (κ2) is 8.94. The van der Waals surface area contributed by atoms with Gasteiger partial charge in [0.15, 0.2) is 17.4 Å². The molecule has 0 aliphatic heterocycles. The van der Waals surface area contributed by atoms with Gasteiger partial charge in [-0.05, 0) is 19.9 Å². The minimum absolute atomic E-state index is 0.0135. The summed E-state index contributed by atoms with van der Waals surface area (Å²) in [4.78, 5) is 19.9. The number of carbonyl (C=O) groups is 1. The molecule has 0 spiro atoms. The maximum Gasteiger partial charge on any atom is 0.416 e. The molecule has 2 amide bonds. The summed E-state index contributed by atoms with van der Waals surface area (Å²) in [5.74, 6) is -2.79. The maximum absolute atomic E-state index is 13.9. The summed E-state index contributed by atoms with van der Waals surface area (Å²) < 4.78 is 73.5. The number of aliphatic hydroxyl groups excluding tert-OH is 1. The van der Waals surface area contributed by atoms with E-state index in [1.165, 1.54) is 6.92 Å². The number of aliphatic hydroxyl groups is 1. The predicted octanol–water partition coefficient (Wildman–Crippen LogP) is 4.03. The number of benzene rings is 1. The Kier molecular flexibility index (Phi) is 6.48. The van der Waals surface area contributed by atoms with Crippen molar-refractivity contribution in [2.75, 3.05) is 17.2 Å². The lowest BCUT2D eigenvalue weighted by molar-refractivity contribution is -0.158. The Bertz CT molecular complexity index is 1120. The molecule has 8 nitrogen and oxygen atoms in total. The van der Waals surface area contributed by atoms with Crippen LogP contribution in [0.4, 0.5) is 38.4 Å². The maximum atomic E-state index is 13.9. The van der Waals surface area contributed by atoms with Gasteiger partial charge in [0.1, 0.15) is 11.6 Å². The van der Waals surface area contributed by atoms with E-state index in [0.717, 1.165) is 18.5 Å². The molecular formula is C19H18F5N5O3. The lowest BCUT2D eigenvalue weighted by Gasteiger charge is -2.20. The van der Waals surface area contributed by atoms with Crippen LogP contribution in [-0.4, -0.2) is 39.9 Å². The first-order valence-electron chi connectivity index (χ1n) is 9.22. The number of hydrogen-bond acceptors (Lipinski definition) is 6. The Morgan fingerprint density at radius 3 is 2.47 bits per heavy atom. The quantitative estimate of drug-likeness (QED) is 0.414. The van der Waals surface area contributed by atoms with Crippen molar-refractivity contribution in [1.82, 2.24) is 15.3 Å². The zero-order valence-corrected chi connectivity index (χ0v) is 16.7. The van der Waals surface area contributed by atoms with Gasteiger partial charge in [-0.2, -0.15) is 13.2 Å². The number of alkyl halides is 3. The number of rotatable bonds is 6. The van der Waals surface area contributed by atoms with Gasteiger partial charge in [-0.1, -0.05) is 0 Å². The number of nitrogens with zero attached hydrogens (tertiary/aromatic N) is 2. The van der Waals surface area contributed by atoms with E-state index in [9.17, 15) is 31.9 Å². The molecule has 0 saturated carbocycles. The van der Waals surface area contributed by atoms with E-state index in [4.69, 9.17) is 4.42 Å². The summed E-state index contributed by atoms with van der Waals surface area (Å²) in [6, 6.07) is -2.56. The van der Waals surface area contributed by atoms with Gasteiger partial charge in [-0.3, -0.25) is 0 Å². The van der Waals surface area contributed by atoms with Crippen molar-refractivity contribution in [2.24, 2.45) is 0 Å². The number of aryl methyl sites for hydroxylation is 1. The molecule has 32 heavy (non-hydrogen) atoms. The van der Waals surface area contributed by atoms with Gasteiger partial charge in [0.25, 0.3) is 0 Å². The Labute approximate surface area is 177 Å². The summed E-state index contributed by atoms with van der Waals surface area (Å²) >= 11 is 0. The van der Waals surface area contributed by atoms with Crippen LogP contribution < -0.4 is 16.0 Å². The molecule has 172 valence electrons. The van der Waals surface area contributed by atoms with Crippen LogP contribution in [0.3, 0.4) is 0 Å². The molecule has 3 rings (SSSR count). The Morgan fingerprint density at radius 1 is 1.22 bits per heavy atom. The highest BCUT2D eigenvalue weighted by atomic mass is 19.4. The summed E-state index contributed by atoms with van der Waals surface area (Å²) in [6.07, 6.45) is -3.38. The number of anilines is 2. The summed E-state index contributed by atoms with van der Waals surface area (Å²) in [5.41, 5.74) is -0.734. The van der Waals surface area contributed by atoms with Gasteiger partial charge < -0.3 is 25.5 Å². The molecule has 2 atom stereocenters. The zero-order chi connectivity index (χ0) is 23.6. The minimum atomic E-state index is -5.00. The van der Waals surface area contributed by atoms with Crippen molar-refractivity contribution in [2.45, 2.75) is 32.2 Å².